The number of hydrogen-bond acceptors (Lipinski definition) is 9. The number of methoxy groups -OCH3 is 1. The molecule has 4 atom stereocenters. The summed E-state index contributed by atoms with van der Waals surface area (Å²) in [4.78, 5) is 41.9. The summed E-state index contributed by atoms with van der Waals surface area (Å²) in [7, 11) is 4.97. The van der Waals surface area contributed by atoms with Gasteiger partial charge in [0.2, 0.25) is 0 Å². The van der Waals surface area contributed by atoms with Gasteiger partial charge < -0.3 is 23.7 Å². The molecular weight excluding hydrogens is 543 g/mol. The number of hydrogen-bond donors (Lipinski definition) is 0. The number of carbonyl (C=O) groups excluding carboxylic acids is 1. The molecule has 1 amide bonds. The average Bonchev–Trinajstić information content (AvgIpc) is 3.31. The van der Waals surface area contributed by atoms with Crippen molar-refractivity contribution in [2.45, 2.75) is 69.9 Å². The lowest BCUT2D eigenvalue weighted by Gasteiger charge is -2.44. The molecule has 0 radical (unpaired) electrons. The number of rotatable bonds is 7. The molecule has 5 rings (SSSR count). The van der Waals surface area contributed by atoms with Gasteiger partial charge in [0, 0.05) is 44.4 Å². The fourth-order valence-corrected chi connectivity index (χ4v) is 5.66. The van der Waals surface area contributed by atoms with E-state index in [1.165, 1.54) is 24.1 Å². The standard InChI is InChI=1S/C30H37FN6O5/c1-30(2,3)42-29(39)37-19-8-10-23(37)28(31)24(12-19)36(5)26-15-32-22(14-33-26)20-9-7-18(11-25(20)41-17-40-6)21-13-27(38)35(4)16-34-21/h7,9,11,13-16,19,23-24,28H,8,10,12,17H2,1-6H3/t19-,23+,24-,28+/m1/s1. The number of amides is 1. The summed E-state index contributed by atoms with van der Waals surface area (Å²) in [6.07, 6.45) is 4.81. The third-order valence-corrected chi connectivity index (χ3v) is 7.76. The minimum Gasteiger partial charge on any atom is -0.467 e. The molecule has 0 saturated carbocycles. The topological polar surface area (TPSA) is 112 Å². The zero-order valence-electron chi connectivity index (χ0n) is 24.8. The summed E-state index contributed by atoms with van der Waals surface area (Å²) < 4.78 is 33.8. The summed E-state index contributed by atoms with van der Waals surface area (Å²) in [5.74, 6) is 1.01. The first-order valence-corrected chi connectivity index (χ1v) is 14.0. The summed E-state index contributed by atoms with van der Waals surface area (Å²) >= 11 is 0. The van der Waals surface area contributed by atoms with E-state index in [-0.39, 0.29) is 18.4 Å². The maximum absolute atomic E-state index is 15.9. The van der Waals surface area contributed by atoms with E-state index in [4.69, 9.17) is 14.2 Å². The van der Waals surface area contributed by atoms with Gasteiger partial charge in [-0.1, -0.05) is 6.07 Å². The van der Waals surface area contributed by atoms with Crippen LogP contribution in [0, 0.1) is 0 Å². The van der Waals surface area contributed by atoms with E-state index in [0.717, 1.165) is 6.42 Å². The predicted octanol–water partition coefficient (Wildman–Crippen LogP) is 4.20. The lowest BCUT2D eigenvalue weighted by Crippen LogP contribution is -2.59. The Bertz CT molecular complexity index is 1490. The van der Waals surface area contributed by atoms with Gasteiger partial charge in [-0.25, -0.2) is 19.2 Å². The molecule has 2 fully saturated rings. The molecular formula is C30H37FN6O5. The molecule has 224 valence electrons. The second kappa shape index (κ2) is 11.7. The molecule has 0 unspecified atom stereocenters. The highest BCUT2D eigenvalue weighted by molar-refractivity contribution is 5.73. The van der Waals surface area contributed by atoms with Crippen LogP contribution >= 0.6 is 0 Å². The maximum Gasteiger partial charge on any atom is 0.410 e. The first-order valence-electron chi connectivity index (χ1n) is 14.0. The van der Waals surface area contributed by atoms with Crippen molar-refractivity contribution in [3.05, 3.63) is 53.3 Å². The smallest absolute Gasteiger partial charge is 0.410 e. The van der Waals surface area contributed by atoms with Crippen LogP contribution in [0.3, 0.4) is 0 Å². The summed E-state index contributed by atoms with van der Waals surface area (Å²) in [5.41, 5.74) is 1.63. The number of fused-ring (bicyclic) bond motifs is 2. The Morgan fingerprint density at radius 2 is 1.90 bits per heavy atom. The molecule has 4 heterocycles. The minimum atomic E-state index is -1.26. The van der Waals surface area contributed by atoms with Gasteiger partial charge >= 0.3 is 6.09 Å². The molecule has 3 aromatic rings. The van der Waals surface area contributed by atoms with Crippen molar-refractivity contribution >= 4 is 11.9 Å². The lowest BCUT2D eigenvalue weighted by molar-refractivity contribution is -0.0104. The zero-order valence-corrected chi connectivity index (χ0v) is 24.8. The molecule has 2 aliphatic heterocycles. The Hall–Kier alpha value is -4.06. The van der Waals surface area contributed by atoms with Crippen LogP contribution in [-0.2, 0) is 16.5 Å². The van der Waals surface area contributed by atoms with E-state index >= 15 is 4.39 Å². The van der Waals surface area contributed by atoms with Gasteiger partial charge in [0.25, 0.3) is 5.56 Å². The first-order chi connectivity index (χ1) is 20.0. The van der Waals surface area contributed by atoms with Crippen molar-refractivity contribution in [2.75, 3.05) is 25.9 Å². The molecule has 2 bridgehead atoms. The molecule has 0 aliphatic carbocycles. The van der Waals surface area contributed by atoms with Gasteiger partial charge in [-0.3, -0.25) is 14.7 Å². The number of carbonyl (C=O) groups is 1. The lowest BCUT2D eigenvalue weighted by atomic mass is 9.94. The molecule has 0 N–H and O–H groups in total. The second-order valence-electron chi connectivity index (χ2n) is 11.8. The van der Waals surface area contributed by atoms with Gasteiger partial charge in [-0.2, -0.15) is 0 Å². The van der Waals surface area contributed by atoms with E-state index in [9.17, 15) is 9.59 Å². The van der Waals surface area contributed by atoms with E-state index < -0.39 is 29.9 Å². The molecule has 1 aromatic carbocycles. The molecule has 11 nitrogen and oxygen atoms in total. The average molecular weight is 581 g/mol. The Kier molecular flexibility index (Phi) is 8.18. The number of halogens is 1. The van der Waals surface area contributed by atoms with Crippen LogP contribution in [0.2, 0.25) is 0 Å². The highest BCUT2D eigenvalue weighted by atomic mass is 19.1. The van der Waals surface area contributed by atoms with Crippen molar-refractivity contribution in [1.29, 1.82) is 0 Å². The van der Waals surface area contributed by atoms with Crippen LogP contribution < -0.4 is 15.2 Å². The third kappa shape index (κ3) is 5.94. The predicted molar refractivity (Wildman–Crippen MR) is 155 cm³/mol. The fourth-order valence-electron chi connectivity index (χ4n) is 5.66. The highest BCUT2D eigenvalue weighted by Crippen LogP contribution is 2.41. The van der Waals surface area contributed by atoms with E-state index in [1.54, 1.807) is 30.4 Å². The Morgan fingerprint density at radius 1 is 1.12 bits per heavy atom. The largest absolute Gasteiger partial charge is 0.467 e. The summed E-state index contributed by atoms with van der Waals surface area (Å²) in [6, 6.07) is 5.83. The van der Waals surface area contributed by atoms with Crippen molar-refractivity contribution in [1.82, 2.24) is 24.4 Å². The number of ether oxygens (including phenoxy) is 3. The minimum absolute atomic E-state index is 0.0108. The number of benzene rings is 1. The van der Waals surface area contributed by atoms with Crippen LogP contribution in [0.25, 0.3) is 22.5 Å². The van der Waals surface area contributed by atoms with Crippen molar-refractivity contribution in [3.8, 4) is 28.3 Å². The Morgan fingerprint density at radius 3 is 2.57 bits per heavy atom. The SMILES string of the molecule is COCOc1cc(-c2cc(=O)n(C)cn2)ccc1-c1cnc(N(C)[C@@H]2C[C@H]3CC[C@@H]([C@@H]2F)N3C(=O)OC(C)(C)C)cn1. The Labute approximate surface area is 244 Å². The summed E-state index contributed by atoms with van der Waals surface area (Å²) in [6.45, 7) is 5.45. The van der Waals surface area contributed by atoms with E-state index in [2.05, 4.69) is 15.0 Å². The van der Waals surface area contributed by atoms with Crippen LogP contribution in [0.15, 0.2) is 47.8 Å². The van der Waals surface area contributed by atoms with Crippen molar-refractivity contribution in [2.24, 2.45) is 7.05 Å². The monoisotopic (exact) mass is 580 g/mol. The highest BCUT2D eigenvalue weighted by Gasteiger charge is 2.52. The number of alkyl halides is 1. The maximum atomic E-state index is 15.9. The second-order valence-corrected chi connectivity index (χ2v) is 11.8. The van der Waals surface area contributed by atoms with E-state index in [1.807, 2.05) is 44.9 Å². The molecule has 0 spiro atoms. The quantitative estimate of drug-likeness (QED) is 0.380. The van der Waals surface area contributed by atoms with Crippen LogP contribution in [-0.4, -0.2) is 81.4 Å². The van der Waals surface area contributed by atoms with Crippen LogP contribution in [0.4, 0.5) is 15.0 Å². The molecule has 12 heteroatoms. The fraction of sp³-hybridized carbons (Fsp3) is 0.500. The summed E-state index contributed by atoms with van der Waals surface area (Å²) in [5, 5.41) is 0. The normalized spacial score (nSPS) is 21.7. The number of aryl methyl sites for hydroxylation is 1. The third-order valence-electron chi connectivity index (χ3n) is 7.76. The van der Waals surface area contributed by atoms with Crippen LogP contribution in [0.5, 0.6) is 5.75 Å². The number of nitrogens with zero attached hydrogens (tertiary/aromatic N) is 6. The van der Waals surface area contributed by atoms with Gasteiger partial charge in [0.15, 0.2) is 6.79 Å². The zero-order chi connectivity index (χ0) is 30.2. The molecule has 42 heavy (non-hydrogen) atoms. The Balaban J connectivity index is 1.35. The van der Waals surface area contributed by atoms with Crippen molar-refractivity contribution < 1.29 is 23.4 Å². The molecule has 2 saturated heterocycles. The molecule has 2 aliphatic rings. The number of anilines is 1. The van der Waals surface area contributed by atoms with Gasteiger partial charge in [-0.05, 0) is 52.2 Å². The molecule has 2 aromatic heterocycles. The van der Waals surface area contributed by atoms with Gasteiger partial charge in [0.05, 0.1) is 42.2 Å². The number of aromatic nitrogens is 4. The van der Waals surface area contributed by atoms with Crippen molar-refractivity contribution in [3.63, 3.8) is 0 Å². The van der Waals surface area contributed by atoms with Crippen LogP contribution in [0.1, 0.15) is 40.0 Å². The van der Waals surface area contributed by atoms with Gasteiger partial charge in [-0.15, -0.1) is 0 Å². The number of piperidine rings is 1. The van der Waals surface area contributed by atoms with Gasteiger partial charge in [0.1, 0.15) is 23.3 Å². The first kappa shape index (κ1) is 29.4. The van der Waals surface area contributed by atoms with E-state index in [0.29, 0.717) is 46.9 Å².